The molecule has 0 saturated heterocycles. The molecule has 3 heteroatoms. The van der Waals surface area contributed by atoms with Gasteiger partial charge in [0.05, 0.1) is 0 Å². The number of rotatable bonds is 2. The third-order valence-corrected chi connectivity index (χ3v) is 4.83. The fraction of sp³-hybridized carbons (Fsp3) is 0.765. The van der Waals surface area contributed by atoms with Crippen molar-refractivity contribution in [2.24, 2.45) is 11.3 Å². The van der Waals surface area contributed by atoms with Crippen molar-refractivity contribution in [1.82, 2.24) is 9.97 Å². The van der Waals surface area contributed by atoms with Gasteiger partial charge in [0.25, 0.3) is 0 Å². The summed E-state index contributed by atoms with van der Waals surface area (Å²) < 4.78 is 0. The molecule has 0 amide bonds. The van der Waals surface area contributed by atoms with Crippen LogP contribution in [-0.2, 0) is 0 Å². The Morgan fingerprint density at radius 1 is 1.10 bits per heavy atom. The fourth-order valence-corrected chi connectivity index (χ4v) is 3.35. The molecule has 1 aromatic heterocycles. The normalized spacial score (nSPS) is 24.1. The van der Waals surface area contributed by atoms with Crippen LogP contribution in [0.4, 0.5) is 0 Å². The summed E-state index contributed by atoms with van der Waals surface area (Å²) in [7, 11) is 0. The van der Waals surface area contributed by atoms with Crippen molar-refractivity contribution in [2.75, 3.05) is 0 Å². The van der Waals surface area contributed by atoms with E-state index in [1.54, 1.807) is 0 Å². The second kappa shape index (κ2) is 6.01. The summed E-state index contributed by atoms with van der Waals surface area (Å²) in [4.78, 5) is 9.23. The van der Waals surface area contributed by atoms with Gasteiger partial charge in [0.1, 0.15) is 11.0 Å². The molecule has 1 fully saturated rings. The topological polar surface area (TPSA) is 25.8 Å². The van der Waals surface area contributed by atoms with Crippen molar-refractivity contribution in [3.8, 4) is 0 Å². The molecule has 0 N–H and O–H groups in total. The highest BCUT2D eigenvalue weighted by atomic mass is 35.5. The average molecular weight is 295 g/mol. The van der Waals surface area contributed by atoms with Crippen LogP contribution in [0.25, 0.3) is 0 Å². The standard InChI is InChI=1S/C17H27ClN2/c1-11(2)14-10-15(18)20-16(19-14)12-6-8-13(9-7-12)17(3,4)5/h10-13H,6-9H2,1-5H3. The number of hydrogen-bond donors (Lipinski definition) is 0. The minimum Gasteiger partial charge on any atom is -0.237 e. The van der Waals surface area contributed by atoms with Gasteiger partial charge in [-0.3, -0.25) is 0 Å². The van der Waals surface area contributed by atoms with E-state index in [0.717, 1.165) is 17.4 Å². The summed E-state index contributed by atoms with van der Waals surface area (Å²) >= 11 is 6.16. The molecule has 20 heavy (non-hydrogen) atoms. The van der Waals surface area contributed by atoms with Crippen molar-refractivity contribution in [3.05, 3.63) is 22.7 Å². The lowest BCUT2D eigenvalue weighted by molar-refractivity contribution is 0.167. The fourth-order valence-electron chi connectivity index (χ4n) is 3.15. The predicted octanol–water partition coefficient (Wildman–Crippen LogP) is 5.57. The highest BCUT2D eigenvalue weighted by Gasteiger charge is 2.31. The molecule has 0 bridgehead atoms. The average Bonchev–Trinajstić information content (AvgIpc) is 2.37. The van der Waals surface area contributed by atoms with Crippen LogP contribution in [0, 0.1) is 11.3 Å². The maximum Gasteiger partial charge on any atom is 0.133 e. The van der Waals surface area contributed by atoms with Crippen molar-refractivity contribution in [2.45, 2.75) is 72.1 Å². The SMILES string of the molecule is CC(C)c1cc(Cl)nc(C2CCC(C(C)(C)C)CC2)n1. The first-order chi connectivity index (χ1) is 9.27. The van der Waals surface area contributed by atoms with Gasteiger partial charge in [-0.05, 0) is 49.0 Å². The lowest BCUT2D eigenvalue weighted by Gasteiger charge is -2.36. The Kier molecular flexibility index (Phi) is 4.73. The van der Waals surface area contributed by atoms with Gasteiger partial charge >= 0.3 is 0 Å². The maximum absolute atomic E-state index is 6.16. The minimum absolute atomic E-state index is 0.403. The van der Waals surface area contributed by atoms with Crippen LogP contribution < -0.4 is 0 Å². The Bertz CT molecular complexity index is 455. The van der Waals surface area contributed by atoms with Crippen molar-refractivity contribution < 1.29 is 0 Å². The van der Waals surface area contributed by atoms with Crippen LogP contribution in [0.1, 0.15) is 83.7 Å². The summed E-state index contributed by atoms with van der Waals surface area (Å²) in [5.41, 5.74) is 1.49. The Morgan fingerprint density at radius 2 is 1.70 bits per heavy atom. The van der Waals surface area contributed by atoms with Gasteiger partial charge in [0.15, 0.2) is 0 Å². The molecule has 0 spiro atoms. The van der Waals surface area contributed by atoms with Crippen LogP contribution in [0.5, 0.6) is 0 Å². The van der Waals surface area contributed by atoms with Crippen molar-refractivity contribution in [3.63, 3.8) is 0 Å². The predicted molar refractivity (Wildman–Crippen MR) is 85.3 cm³/mol. The van der Waals surface area contributed by atoms with E-state index in [-0.39, 0.29) is 0 Å². The van der Waals surface area contributed by atoms with Gasteiger partial charge in [-0.15, -0.1) is 0 Å². The zero-order valence-electron chi connectivity index (χ0n) is 13.4. The van der Waals surface area contributed by atoms with E-state index < -0.39 is 0 Å². The zero-order chi connectivity index (χ0) is 14.9. The molecule has 1 heterocycles. The Labute approximate surface area is 128 Å². The summed E-state index contributed by atoms with van der Waals surface area (Å²) in [6, 6.07) is 1.90. The highest BCUT2D eigenvalue weighted by Crippen LogP contribution is 2.42. The van der Waals surface area contributed by atoms with Crippen LogP contribution in [0.2, 0.25) is 5.15 Å². The van der Waals surface area contributed by atoms with Crippen LogP contribution >= 0.6 is 11.6 Å². The van der Waals surface area contributed by atoms with Crippen LogP contribution in [0.3, 0.4) is 0 Å². The summed E-state index contributed by atoms with van der Waals surface area (Å²) in [5.74, 6) is 2.68. The molecule has 0 aromatic carbocycles. The van der Waals surface area contributed by atoms with Crippen LogP contribution in [0.15, 0.2) is 6.07 Å². The number of nitrogens with zero attached hydrogens (tertiary/aromatic N) is 2. The molecule has 0 atom stereocenters. The van der Waals surface area contributed by atoms with Gasteiger partial charge in [-0.25, -0.2) is 9.97 Å². The highest BCUT2D eigenvalue weighted by molar-refractivity contribution is 6.29. The first-order valence-corrected chi connectivity index (χ1v) is 8.19. The van der Waals surface area contributed by atoms with Gasteiger partial charge in [0, 0.05) is 11.6 Å². The van der Waals surface area contributed by atoms with Gasteiger partial charge in [-0.2, -0.15) is 0 Å². The molecule has 112 valence electrons. The number of halogens is 1. The van der Waals surface area contributed by atoms with E-state index in [9.17, 15) is 0 Å². The largest absolute Gasteiger partial charge is 0.237 e. The first-order valence-electron chi connectivity index (χ1n) is 7.81. The molecule has 1 aromatic rings. The van der Waals surface area contributed by atoms with E-state index in [1.165, 1.54) is 25.7 Å². The Balaban J connectivity index is 2.11. The van der Waals surface area contributed by atoms with Crippen molar-refractivity contribution in [1.29, 1.82) is 0 Å². The molecule has 2 nitrogen and oxygen atoms in total. The molecule has 2 rings (SSSR count). The van der Waals surface area contributed by atoms with Crippen LogP contribution in [-0.4, -0.2) is 9.97 Å². The summed E-state index contributed by atoms with van der Waals surface area (Å²) in [5, 5.41) is 0.594. The quantitative estimate of drug-likeness (QED) is 0.666. The number of aromatic nitrogens is 2. The second-order valence-electron chi connectivity index (χ2n) is 7.54. The molecule has 0 aliphatic heterocycles. The van der Waals surface area contributed by atoms with Crippen molar-refractivity contribution >= 4 is 11.6 Å². The van der Waals surface area contributed by atoms with E-state index in [4.69, 9.17) is 16.6 Å². The third-order valence-electron chi connectivity index (χ3n) is 4.64. The van der Waals surface area contributed by atoms with E-state index >= 15 is 0 Å². The summed E-state index contributed by atoms with van der Waals surface area (Å²) in [6.45, 7) is 11.4. The molecule has 1 aliphatic carbocycles. The Hall–Kier alpha value is -0.630. The Morgan fingerprint density at radius 3 is 2.20 bits per heavy atom. The summed E-state index contributed by atoms with van der Waals surface area (Å²) in [6.07, 6.45) is 4.95. The lowest BCUT2D eigenvalue weighted by Crippen LogP contribution is -2.26. The smallest absolute Gasteiger partial charge is 0.133 e. The molecule has 0 unspecified atom stereocenters. The third kappa shape index (κ3) is 3.72. The number of hydrogen-bond acceptors (Lipinski definition) is 2. The van der Waals surface area contributed by atoms with Gasteiger partial charge < -0.3 is 0 Å². The van der Waals surface area contributed by atoms with E-state index in [1.807, 2.05) is 6.07 Å². The lowest BCUT2D eigenvalue weighted by atomic mass is 9.69. The van der Waals surface area contributed by atoms with E-state index in [0.29, 0.717) is 22.4 Å². The zero-order valence-corrected chi connectivity index (χ0v) is 14.2. The monoisotopic (exact) mass is 294 g/mol. The van der Waals surface area contributed by atoms with Gasteiger partial charge in [-0.1, -0.05) is 46.2 Å². The second-order valence-corrected chi connectivity index (χ2v) is 7.93. The minimum atomic E-state index is 0.403. The van der Waals surface area contributed by atoms with E-state index in [2.05, 4.69) is 39.6 Å². The van der Waals surface area contributed by atoms with Gasteiger partial charge in [0.2, 0.25) is 0 Å². The molecular weight excluding hydrogens is 268 g/mol. The molecule has 1 saturated carbocycles. The molecule has 1 aliphatic rings. The molecular formula is C17H27ClN2. The molecule has 0 radical (unpaired) electrons. The maximum atomic E-state index is 6.16. The first kappa shape index (κ1) is 15.8.